The van der Waals surface area contributed by atoms with Crippen molar-refractivity contribution >= 4 is 66.4 Å². The van der Waals surface area contributed by atoms with Crippen LogP contribution in [0.15, 0.2) is 194 Å². The van der Waals surface area contributed by atoms with Crippen LogP contribution in [0.3, 0.4) is 0 Å². The number of benzene rings is 10. The number of nitrogens with zero attached hydrogens (tertiary/aromatic N) is 2. The number of anilines is 6. The second kappa shape index (κ2) is 13.7. The van der Waals surface area contributed by atoms with E-state index in [4.69, 9.17) is 0 Å². The molecule has 2 nitrogen and oxygen atoms in total. The van der Waals surface area contributed by atoms with Gasteiger partial charge in [-0.3, -0.25) is 0 Å². The number of rotatable bonds is 6. The monoisotopic (exact) mass is 820 g/mol. The van der Waals surface area contributed by atoms with Crippen molar-refractivity contribution in [3.8, 4) is 22.3 Å². The number of hydrogen-bond donors (Lipinski definition) is 0. The molecule has 0 N–H and O–H groups in total. The Bertz CT molecular complexity index is 3230. The molecule has 0 atom stereocenters. The van der Waals surface area contributed by atoms with Crippen molar-refractivity contribution in [2.45, 2.75) is 62.2 Å². The van der Waals surface area contributed by atoms with E-state index < -0.39 is 0 Å². The van der Waals surface area contributed by atoms with Crippen molar-refractivity contribution in [2.24, 2.45) is 0 Å². The second-order valence-corrected chi connectivity index (χ2v) is 19.1. The quantitative estimate of drug-likeness (QED) is 0.154. The minimum atomic E-state index is 0.0917. The number of para-hydroxylation sites is 2. The Hall–Kier alpha value is -7.16. The van der Waals surface area contributed by atoms with Gasteiger partial charge in [0.05, 0.1) is 11.4 Å². The smallest absolute Gasteiger partial charge is 0.0540 e. The molecule has 2 spiro atoms. The molecule has 0 radical (unpaired) electrons. The van der Waals surface area contributed by atoms with Crippen LogP contribution in [-0.4, -0.2) is 0 Å². The summed E-state index contributed by atoms with van der Waals surface area (Å²) in [4.78, 5) is 5.05. The molecule has 4 aliphatic carbocycles. The largest absolute Gasteiger partial charge is 0.310 e. The fourth-order valence-corrected chi connectivity index (χ4v) is 13.4. The molecule has 0 aliphatic heterocycles. The van der Waals surface area contributed by atoms with Gasteiger partial charge in [0.25, 0.3) is 0 Å². The first kappa shape index (κ1) is 36.3. The van der Waals surface area contributed by atoms with Gasteiger partial charge in [-0.25, -0.2) is 0 Å². The van der Waals surface area contributed by atoms with E-state index in [0.29, 0.717) is 0 Å². The van der Waals surface area contributed by atoms with Gasteiger partial charge in [0.1, 0.15) is 0 Å². The van der Waals surface area contributed by atoms with Crippen LogP contribution in [0.25, 0.3) is 54.6 Å². The number of fused-ring (bicyclic) bond motifs is 10. The first-order chi connectivity index (χ1) is 31.7. The molecule has 64 heavy (non-hydrogen) atoms. The van der Waals surface area contributed by atoms with Gasteiger partial charge in [-0.15, -0.1) is 0 Å². The fraction of sp³-hybridized carbons (Fsp3) is 0.161. The Morgan fingerprint density at radius 2 is 0.672 bits per heavy atom. The summed E-state index contributed by atoms with van der Waals surface area (Å²) in [6.45, 7) is 0. The Morgan fingerprint density at radius 3 is 1.11 bits per heavy atom. The van der Waals surface area contributed by atoms with E-state index in [9.17, 15) is 0 Å². The molecule has 2 fully saturated rings. The van der Waals surface area contributed by atoms with Gasteiger partial charge in [-0.1, -0.05) is 159 Å². The fourth-order valence-electron chi connectivity index (χ4n) is 13.4. The van der Waals surface area contributed by atoms with E-state index in [1.165, 1.54) is 162 Å². The molecular weight excluding hydrogens is 773 g/mol. The summed E-state index contributed by atoms with van der Waals surface area (Å²) >= 11 is 0. The molecule has 2 saturated carbocycles. The van der Waals surface area contributed by atoms with Gasteiger partial charge < -0.3 is 9.80 Å². The molecule has 0 aromatic heterocycles. The lowest BCUT2D eigenvalue weighted by Gasteiger charge is -2.31. The van der Waals surface area contributed by atoms with Crippen molar-refractivity contribution in [3.63, 3.8) is 0 Å². The summed E-state index contributed by atoms with van der Waals surface area (Å²) in [5.74, 6) is 0. The van der Waals surface area contributed by atoms with Crippen molar-refractivity contribution in [2.75, 3.05) is 9.80 Å². The maximum Gasteiger partial charge on any atom is 0.0540 e. The molecule has 0 heterocycles. The van der Waals surface area contributed by atoms with Crippen LogP contribution in [0.2, 0.25) is 0 Å². The van der Waals surface area contributed by atoms with Crippen molar-refractivity contribution < 1.29 is 0 Å². The highest BCUT2D eigenvalue weighted by Gasteiger charge is 2.46. The highest BCUT2D eigenvalue weighted by molar-refractivity contribution is 6.28. The van der Waals surface area contributed by atoms with Crippen LogP contribution >= 0.6 is 0 Å². The molecule has 14 rings (SSSR count). The first-order valence-corrected chi connectivity index (χ1v) is 23.6. The van der Waals surface area contributed by atoms with Crippen LogP contribution in [0.5, 0.6) is 0 Å². The van der Waals surface area contributed by atoms with Gasteiger partial charge in [-0.05, 0) is 152 Å². The third-order valence-corrected chi connectivity index (χ3v) is 16.1. The zero-order chi connectivity index (χ0) is 42.0. The van der Waals surface area contributed by atoms with Crippen LogP contribution in [0.4, 0.5) is 34.1 Å². The van der Waals surface area contributed by atoms with E-state index in [2.05, 4.69) is 204 Å². The third-order valence-electron chi connectivity index (χ3n) is 16.1. The summed E-state index contributed by atoms with van der Waals surface area (Å²) in [7, 11) is 0. The van der Waals surface area contributed by atoms with Crippen LogP contribution in [-0.2, 0) is 10.8 Å². The zero-order valence-corrected chi connectivity index (χ0v) is 36.0. The maximum absolute atomic E-state index is 2.55. The predicted molar refractivity (Wildman–Crippen MR) is 269 cm³/mol. The highest BCUT2D eigenvalue weighted by Crippen LogP contribution is 2.60. The average molecular weight is 821 g/mol. The molecule has 4 aliphatic rings. The summed E-state index contributed by atoms with van der Waals surface area (Å²) in [5.41, 5.74) is 19.1. The van der Waals surface area contributed by atoms with Crippen LogP contribution < -0.4 is 9.80 Å². The highest BCUT2D eigenvalue weighted by atomic mass is 15.2. The Labute approximate surface area is 375 Å². The van der Waals surface area contributed by atoms with E-state index in [-0.39, 0.29) is 10.8 Å². The van der Waals surface area contributed by atoms with Crippen molar-refractivity contribution in [3.05, 3.63) is 216 Å². The van der Waals surface area contributed by atoms with E-state index in [1.54, 1.807) is 0 Å². The normalized spacial score (nSPS) is 16.2. The van der Waals surface area contributed by atoms with Gasteiger partial charge in [-0.2, -0.15) is 0 Å². The average Bonchev–Trinajstić information content (AvgIpc) is 4.17. The predicted octanol–water partition coefficient (Wildman–Crippen LogP) is 17.2. The summed E-state index contributed by atoms with van der Waals surface area (Å²) in [6, 6.07) is 74.0. The van der Waals surface area contributed by atoms with Crippen LogP contribution in [0.1, 0.15) is 73.6 Å². The molecule has 2 heteroatoms. The van der Waals surface area contributed by atoms with Gasteiger partial charge in [0.2, 0.25) is 0 Å². The lowest BCUT2D eigenvalue weighted by molar-refractivity contribution is 0.550. The summed E-state index contributed by atoms with van der Waals surface area (Å²) in [5, 5.41) is 7.69. The van der Waals surface area contributed by atoms with Crippen molar-refractivity contribution in [1.82, 2.24) is 0 Å². The van der Waals surface area contributed by atoms with Crippen molar-refractivity contribution in [1.29, 1.82) is 0 Å². The molecule has 0 amide bonds. The summed E-state index contributed by atoms with van der Waals surface area (Å²) < 4.78 is 0. The van der Waals surface area contributed by atoms with E-state index in [0.717, 1.165) is 0 Å². The standard InChI is InChI=1S/C62H48N2/c1-3-15-43(16-4-1)63(45-27-31-49-47-19-7-9-21-53(47)61(55(49)39-45)35-11-12-36-61)57-33-25-41-24-30-52-58(34-26-42-23-29-51(57)59(41)60(42)52)64(44-17-5-2-6-18-44)46-28-32-50-48-20-8-10-22-54(48)62(56(50)40-46)37-13-14-38-62/h1-10,15-34,39-40H,11-14,35-38H2. The Balaban J connectivity index is 0.969. The zero-order valence-electron chi connectivity index (χ0n) is 36.0. The summed E-state index contributed by atoms with van der Waals surface area (Å²) in [6.07, 6.45) is 9.97. The number of hydrogen-bond acceptors (Lipinski definition) is 2. The Morgan fingerprint density at radius 1 is 0.297 bits per heavy atom. The molecule has 0 unspecified atom stereocenters. The SMILES string of the molecule is c1ccc(N(c2ccc3c(c2)C2(CCCC2)c2ccccc2-3)c2ccc3ccc4c(N(c5ccccc5)c5ccc6c(c5)C5(CCCC5)c5ccccc5-6)ccc5ccc2c3c54)cc1. The maximum atomic E-state index is 2.55. The van der Waals surface area contributed by atoms with Gasteiger partial charge >= 0.3 is 0 Å². The third kappa shape index (κ3) is 4.97. The topological polar surface area (TPSA) is 6.48 Å². The first-order valence-electron chi connectivity index (χ1n) is 23.6. The van der Waals surface area contributed by atoms with Crippen LogP contribution in [0, 0.1) is 0 Å². The van der Waals surface area contributed by atoms with Gasteiger partial charge in [0, 0.05) is 44.4 Å². The van der Waals surface area contributed by atoms with Gasteiger partial charge in [0.15, 0.2) is 0 Å². The molecule has 10 aromatic carbocycles. The Kier molecular flexibility index (Phi) is 7.76. The lowest BCUT2D eigenvalue weighted by Crippen LogP contribution is -2.21. The molecule has 0 saturated heterocycles. The molecule has 10 aromatic rings. The minimum absolute atomic E-state index is 0.0917. The molecular formula is C62H48N2. The second-order valence-electron chi connectivity index (χ2n) is 19.1. The van der Waals surface area contributed by atoms with E-state index in [1.807, 2.05) is 0 Å². The van der Waals surface area contributed by atoms with E-state index >= 15 is 0 Å². The molecule has 0 bridgehead atoms. The minimum Gasteiger partial charge on any atom is -0.310 e. The lowest BCUT2D eigenvalue weighted by atomic mass is 9.76. The molecule has 306 valence electrons.